The summed E-state index contributed by atoms with van der Waals surface area (Å²) in [6, 6.07) is 10.6. The van der Waals surface area contributed by atoms with Gasteiger partial charge in [-0.05, 0) is 39.3 Å². The zero-order chi connectivity index (χ0) is 15.8. The van der Waals surface area contributed by atoms with Crippen molar-refractivity contribution in [2.24, 2.45) is 5.41 Å². The molecule has 3 rings (SSSR count). The molecule has 2 aliphatic heterocycles. The number of hydrogen-bond donors (Lipinski definition) is 1. The van der Waals surface area contributed by atoms with Gasteiger partial charge >= 0.3 is 6.09 Å². The largest absolute Gasteiger partial charge is 0.444 e. The number of ether oxygens (including phenoxy) is 1. The van der Waals surface area contributed by atoms with Gasteiger partial charge in [-0.1, -0.05) is 30.3 Å². The van der Waals surface area contributed by atoms with E-state index in [0.29, 0.717) is 5.92 Å². The number of hydrogen-bond acceptors (Lipinski definition) is 3. The van der Waals surface area contributed by atoms with Gasteiger partial charge in [0.15, 0.2) is 0 Å². The number of benzene rings is 1. The van der Waals surface area contributed by atoms with Crippen molar-refractivity contribution in [3.63, 3.8) is 0 Å². The van der Waals surface area contributed by atoms with Gasteiger partial charge < -0.3 is 15.0 Å². The van der Waals surface area contributed by atoms with Crippen molar-refractivity contribution in [3.8, 4) is 0 Å². The van der Waals surface area contributed by atoms with E-state index in [1.54, 1.807) is 0 Å². The molecule has 0 aromatic heterocycles. The summed E-state index contributed by atoms with van der Waals surface area (Å²) in [6.45, 7) is 9.31. The van der Waals surface area contributed by atoms with Gasteiger partial charge in [0.1, 0.15) is 5.60 Å². The maximum atomic E-state index is 12.5. The van der Waals surface area contributed by atoms with Gasteiger partial charge in [-0.2, -0.15) is 0 Å². The maximum Gasteiger partial charge on any atom is 0.410 e. The molecule has 0 unspecified atom stereocenters. The lowest BCUT2D eigenvalue weighted by Crippen LogP contribution is -2.37. The molecule has 2 atom stereocenters. The van der Waals surface area contributed by atoms with Gasteiger partial charge in [0, 0.05) is 31.0 Å². The van der Waals surface area contributed by atoms with Gasteiger partial charge in [-0.25, -0.2) is 4.79 Å². The van der Waals surface area contributed by atoms with Gasteiger partial charge in [0.2, 0.25) is 0 Å². The van der Waals surface area contributed by atoms with Crippen LogP contribution in [0.25, 0.3) is 0 Å². The van der Waals surface area contributed by atoms with E-state index in [-0.39, 0.29) is 11.5 Å². The molecule has 2 saturated heterocycles. The molecule has 2 fully saturated rings. The third kappa shape index (κ3) is 2.98. The van der Waals surface area contributed by atoms with Crippen LogP contribution in [-0.2, 0) is 4.74 Å². The molecule has 0 radical (unpaired) electrons. The number of carbonyl (C=O) groups is 1. The maximum absolute atomic E-state index is 12.5. The fraction of sp³-hybridized carbons (Fsp3) is 0.611. The molecule has 1 amide bonds. The monoisotopic (exact) mass is 302 g/mol. The number of nitrogens with one attached hydrogen (secondary N) is 1. The van der Waals surface area contributed by atoms with Crippen LogP contribution < -0.4 is 5.32 Å². The van der Waals surface area contributed by atoms with Gasteiger partial charge in [-0.15, -0.1) is 0 Å². The number of nitrogens with zero attached hydrogens (tertiary/aromatic N) is 1. The van der Waals surface area contributed by atoms with Crippen molar-refractivity contribution >= 4 is 6.09 Å². The summed E-state index contributed by atoms with van der Waals surface area (Å²) in [5, 5.41) is 3.48. The summed E-state index contributed by atoms with van der Waals surface area (Å²) in [5.41, 5.74) is 1.04. The fourth-order valence-electron chi connectivity index (χ4n) is 3.77. The first-order chi connectivity index (χ1) is 10.4. The first kappa shape index (κ1) is 15.3. The highest BCUT2D eigenvalue weighted by atomic mass is 16.6. The SMILES string of the molecule is CC(C)(C)OC(=O)N1C[C@H](c2ccccc2)[C@]2(CCNC2)C1. The summed E-state index contributed by atoms with van der Waals surface area (Å²) >= 11 is 0. The van der Waals surface area contributed by atoms with Crippen LogP contribution in [0, 0.1) is 5.41 Å². The van der Waals surface area contributed by atoms with E-state index in [1.165, 1.54) is 5.56 Å². The quantitative estimate of drug-likeness (QED) is 0.867. The molecule has 22 heavy (non-hydrogen) atoms. The summed E-state index contributed by atoms with van der Waals surface area (Å²) < 4.78 is 5.58. The van der Waals surface area contributed by atoms with Gasteiger partial charge in [-0.3, -0.25) is 0 Å². The van der Waals surface area contributed by atoms with Gasteiger partial charge in [0.05, 0.1) is 0 Å². The van der Waals surface area contributed by atoms with Crippen LogP contribution in [0.1, 0.15) is 38.7 Å². The van der Waals surface area contributed by atoms with E-state index >= 15 is 0 Å². The molecule has 1 spiro atoms. The molecule has 4 nitrogen and oxygen atoms in total. The number of carbonyl (C=O) groups excluding carboxylic acids is 1. The Morgan fingerprint density at radius 1 is 1.32 bits per heavy atom. The van der Waals surface area contributed by atoms with E-state index in [9.17, 15) is 4.79 Å². The molecule has 0 bridgehead atoms. The van der Waals surface area contributed by atoms with Crippen LogP contribution >= 0.6 is 0 Å². The summed E-state index contributed by atoms with van der Waals surface area (Å²) in [4.78, 5) is 14.4. The van der Waals surface area contributed by atoms with Crippen LogP contribution in [0.5, 0.6) is 0 Å². The molecule has 0 aliphatic carbocycles. The summed E-state index contributed by atoms with van der Waals surface area (Å²) in [6.07, 6.45) is 0.934. The van der Waals surface area contributed by atoms with Crippen molar-refractivity contribution in [2.45, 2.75) is 38.7 Å². The number of likely N-dealkylation sites (tertiary alicyclic amines) is 1. The molecule has 4 heteroatoms. The molecule has 2 heterocycles. The highest BCUT2D eigenvalue weighted by molar-refractivity contribution is 5.69. The molecule has 1 aromatic rings. The third-order valence-corrected chi connectivity index (χ3v) is 4.78. The predicted molar refractivity (Wildman–Crippen MR) is 86.9 cm³/mol. The zero-order valence-corrected chi connectivity index (χ0v) is 13.8. The Balaban J connectivity index is 1.82. The van der Waals surface area contributed by atoms with Crippen LogP contribution in [0.2, 0.25) is 0 Å². The molecule has 1 N–H and O–H groups in total. The highest BCUT2D eigenvalue weighted by Gasteiger charge is 2.50. The summed E-state index contributed by atoms with van der Waals surface area (Å²) in [5.74, 6) is 0.385. The minimum Gasteiger partial charge on any atom is -0.444 e. The molecule has 120 valence electrons. The first-order valence-corrected chi connectivity index (χ1v) is 8.13. The average Bonchev–Trinajstić information content (AvgIpc) is 3.07. The molecule has 0 saturated carbocycles. The van der Waals surface area contributed by atoms with E-state index < -0.39 is 5.60 Å². The zero-order valence-electron chi connectivity index (χ0n) is 13.8. The number of rotatable bonds is 1. The molecular formula is C18H26N2O2. The number of amides is 1. The Bertz CT molecular complexity index is 530. The van der Waals surface area contributed by atoms with E-state index in [2.05, 4.69) is 29.6 Å². The Kier molecular flexibility index (Phi) is 3.89. The Morgan fingerprint density at radius 2 is 2.05 bits per heavy atom. The van der Waals surface area contributed by atoms with Crippen molar-refractivity contribution in [1.82, 2.24) is 10.2 Å². The second kappa shape index (κ2) is 5.58. The topological polar surface area (TPSA) is 41.6 Å². The Hall–Kier alpha value is -1.55. The summed E-state index contributed by atoms with van der Waals surface area (Å²) in [7, 11) is 0. The lowest BCUT2D eigenvalue weighted by atomic mass is 9.74. The lowest BCUT2D eigenvalue weighted by Gasteiger charge is -2.29. The van der Waals surface area contributed by atoms with Crippen LogP contribution in [0.4, 0.5) is 4.79 Å². The highest BCUT2D eigenvalue weighted by Crippen LogP contribution is 2.47. The smallest absolute Gasteiger partial charge is 0.410 e. The van der Waals surface area contributed by atoms with Crippen molar-refractivity contribution in [3.05, 3.63) is 35.9 Å². The minimum absolute atomic E-state index is 0.151. The normalized spacial score (nSPS) is 28.3. The second-order valence-corrected chi connectivity index (χ2v) is 7.61. The molecule has 2 aliphatic rings. The fourth-order valence-corrected chi connectivity index (χ4v) is 3.77. The van der Waals surface area contributed by atoms with E-state index in [1.807, 2.05) is 31.7 Å². The van der Waals surface area contributed by atoms with Crippen molar-refractivity contribution in [2.75, 3.05) is 26.2 Å². The van der Waals surface area contributed by atoms with Crippen molar-refractivity contribution in [1.29, 1.82) is 0 Å². The average molecular weight is 302 g/mol. The minimum atomic E-state index is -0.441. The lowest BCUT2D eigenvalue weighted by molar-refractivity contribution is 0.0275. The first-order valence-electron chi connectivity index (χ1n) is 8.13. The van der Waals surface area contributed by atoms with E-state index in [0.717, 1.165) is 32.6 Å². The predicted octanol–water partition coefficient (Wildman–Crippen LogP) is 3.00. The standard InChI is InChI=1S/C18H26N2O2/c1-17(2,3)22-16(21)20-11-15(14-7-5-4-6-8-14)18(13-20)9-10-19-12-18/h4-8,15,19H,9-13H2,1-3H3/t15-,18+/m1/s1. The Morgan fingerprint density at radius 3 is 2.64 bits per heavy atom. The van der Waals surface area contributed by atoms with Crippen LogP contribution in [-0.4, -0.2) is 42.8 Å². The van der Waals surface area contributed by atoms with Crippen LogP contribution in [0.15, 0.2) is 30.3 Å². The second-order valence-electron chi connectivity index (χ2n) is 7.61. The third-order valence-electron chi connectivity index (χ3n) is 4.78. The van der Waals surface area contributed by atoms with E-state index in [4.69, 9.17) is 4.74 Å². The van der Waals surface area contributed by atoms with Crippen molar-refractivity contribution < 1.29 is 9.53 Å². The molecular weight excluding hydrogens is 276 g/mol. The van der Waals surface area contributed by atoms with Gasteiger partial charge in [0.25, 0.3) is 0 Å². The van der Waals surface area contributed by atoms with Crippen LogP contribution in [0.3, 0.4) is 0 Å². The Labute approximate surface area is 132 Å². The molecule has 1 aromatic carbocycles.